The number of nitrogens with zero attached hydrogens (tertiary/aromatic N) is 2. The molecule has 0 radical (unpaired) electrons. The molecule has 1 heterocycles. The SMILES string of the molecule is CCc1cc(C(=O)N(C)Cc2cccc(O)c2)cc(Cl)n1. The van der Waals surface area contributed by atoms with Crippen molar-refractivity contribution in [1.29, 1.82) is 0 Å². The third kappa shape index (κ3) is 3.95. The molecular formula is C16H17ClN2O2. The highest BCUT2D eigenvalue weighted by atomic mass is 35.5. The molecule has 4 nitrogen and oxygen atoms in total. The van der Waals surface area contributed by atoms with Crippen LogP contribution >= 0.6 is 11.6 Å². The molecule has 110 valence electrons. The van der Waals surface area contributed by atoms with E-state index in [9.17, 15) is 9.90 Å². The number of hydrogen-bond donors (Lipinski definition) is 1. The van der Waals surface area contributed by atoms with Crippen LogP contribution in [-0.4, -0.2) is 27.9 Å². The minimum atomic E-state index is -0.127. The lowest BCUT2D eigenvalue weighted by Gasteiger charge is -2.18. The Kier molecular flexibility index (Phi) is 4.81. The first-order valence-electron chi connectivity index (χ1n) is 6.69. The average Bonchev–Trinajstić information content (AvgIpc) is 2.45. The molecule has 2 aromatic rings. The van der Waals surface area contributed by atoms with Gasteiger partial charge < -0.3 is 10.0 Å². The summed E-state index contributed by atoms with van der Waals surface area (Å²) in [6.07, 6.45) is 0.719. The Bertz CT molecular complexity index is 658. The van der Waals surface area contributed by atoms with Gasteiger partial charge in [0, 0.05) is 24.8 Å². The Morgan fingerprint density at radius 1 is 1.33 bits per heavy atom. The second-order valence-corrected chi connectivity index (χ2v) is 5.24. The largest absolute Gasteiger partial charge is 0.508 e. The van der Waals surface area contributed by atoms with E-state index in [0.717, 1.165) is 17.7 Å². The van der Waals surface area contributed by atoms with Crippen LogP contribution in [0.2, 0.25) is 5.15 Å². The number of carbonyl (C=O) groups is 1. The maximum atomic E-state index is 12.4. The predicted molar refractivity (Wildman–Crippen MR) is 82.5 cm³/mol. The van der Waals surface area contributed by atoms with Crippen molar-refractivity contribution in [2.45, 2.75) is 19.9 Å². The number of aromatic hydroxyl groups is 1. The summed E-state index contributed by atoms with van der Waals surface area (Å²) < 4.78 is 0. The lowest BCUT2D eigenvalue weighted by atomic mass is 10.1. The molecule has 0 spiro atoms. The zero-order valence-corrected chi connectivity index (χ0v) is 12.8. The van der Waals surface area contributed by atoms with Crippen LogP contribution in [0.1, 0.15) is 28.5 Å². The van der Waals surface area contributed by atoms with Gasteiger partial charge in [0.15, 0.2) is 0 Å². The van der Waals surface area contributed by atoms with Crippen LogP contribution in [-0.2, 0) is 13.0 Å². The van der Waals surface area contributed by atoms with Gasteiger partial charge in [0.2, 0.25) is 0 Å². The fourth-order valence-electron chi connectivity index (χ4n) is 2.08. The van der Waals surface area contributed by atoms with Crippen molar-refractivity contribution in [2.24, 2.45) is 0 Å². The molecule has 0 aliphatic heterocycles. The van der Waals surface area contributed by atoms with E-state index in [4.69, 9.17) is 11.6 Å². The first-order valence-corrected chi connectivity index (χ1v) is 7.07. The van der Waals surface area contributed by atoms with E-state index in [1.807, 2.05) is 13.0 Å². The van der Waals surface area contributed by atoms with Crippen molar-refractivity contribution in [2.75, 3.05) is 7.05 Å². The first-order chi connectivity index (χ1) is 9.99. The highest BCUT2D eigenvalue weighted by Gasteiger charge is 2.14. The van der Waals surface area contributed by atoms with Gasteiger partial charge in [-0.05, 0) is 36.2 Å². The average molecular weight is 305 g/mol. The number of halogens is 1. The fraction of sp³-hybridized carbons (Fsp3) is 0.250. The Morgan fingerprint density at radius 2 is 2.10 bits per heavy atom. The number of carbonyl (C=O) groups excluding carboxylic acids is 1. The molecule has 0 atom stereocenters. The number of aromatic nitrogens is 1. The summed E-state index contributed by atoms with van der Waals surface area (Å²) >= 11 is 5.94. The summed E-state index contributed by atoms with van der Waals surface area (Å²) in [5.41, 5.74) is 2.17. The molecule has 1 aromatic carbocycles. The Morgan fingerprint density at radius 3 is 2.76 bits per heavy atom. The van der Waals surface area contributed by atoms with Gasteiger partial charge >= 0.3 is 0 Å². The summed E-state index contributed by atoms with van der Waals surface area (Å²) in [5, 5.41) is 9.78. The molecule has 0 saturated heterocycles. The summed E-state index contributed by atoms with van der Waals surface area (Å²) in [7, 11) is 1.71. The van der Waals surface area contributed by atoms with E-state index in [1.54, 1.807) is 42.3 Å². The minimum Gasteiger partial charge on any atom is -0.508 e. The van der Waals surface area contributed by atoms with Gasteiger partial charge in [-0.1, -0.05) is 30.7 Å². The lowest BCUT2D eigenvalue weighted by Crippen LogP contribution is -2.26. The minimum absolute atomic E-state index is 0.127. The molecule has 5 heteroatoms. The third-order valence-corrected chi connectivity index (χ3v) is 3.33. The fourth-order valence-corrected chi connectivity index (χ4v) is 2.30. The zero-order chi connectivity index (χ0) is 15.4. The maximum Gasteiger partial charge on any atom is 0.254 e. The molecule has 0 aliphatic carbocycles. The molecule has 2 rings (SSSR count). The van der Waals surface area contributed by atoms with Gasteiger partial charge in [-0.25, -0.2) is 4.98 Å². The predicted octanol–water partition coefficient (Wildman–Crippen LogP) is 3.28. The smallest absolute Gasteiger partial charge is 0.254 e. The monoisotopic (exact) mass is 304 g/mol. The van der Waals surface area contributed by atoms with Crippen molar-refractivity contribution in [3.8, 4) is 5.75 Å². The molecule has 0 fully saturated rings. The number of phenols is 1. The van der Waals surface area contributed by atoms with Crippen LogP contribution < -0.4 is 0 Å². The molecule has 21 heavy (non-hydrogen) atoms. The van der Waals surface area contributed by atoms with Crippen LogP contribution in [0.4, 0.5) is 0 Å². The first kappa shape index (κ1) is 15.3. The number of hydrogen-bond acceptors (Lipinski definition) is 3. The van der Waals surface area contributed by atoms with E-state index < -0.39 is 0 Å². The van der Waals surface area contributed by atoms with E-state index in [-0.39, 0.29) is 11.7 Å². The van der Waals surface area contributed by atoms with Gasteiger partial charge in [-0.15, -0.1) is 0 Å². The second-order valence-electron chi connectivity index (χ2n) is 4.85. The standard InChI is InChI=1S/C16H17ClN2O2/c1-3-13-8-12(9-15(17)18-13)16(21)19(2)10-11-5-4-6-14(20)7-11/h4-9,20H,3,10H2,1-2H3. The van der Waals surface area contributed by atoms with Gasteiger partial charge in [0.1, 0.15) is 10.9 Å². The third-order valence-electron chi connectivity index (χ3n) is 3.13. The number of aryl methyl sites for hydroxylation is 1. The van der Waals surface area contributed by atoms with Crippen molar-refractivity contribution < 1.29 is 9.90 Å². The number of benzene rings is 1. The number of rotatable bonds is 4. The van der Waals surface area contributed by atoms with Gasteiger partial charge in [-0.2, -0.15) is 0 Å². The van der Waals surface area contributed by atoms with Crippen molar-refractivity contribution >= 4 is 17.5 Å². The molecule has 1 amide bonds. The van der Waals surface area contributed by atoms with Crippen molar-refractivity contribution in [3.05, 3.63) is 58.4 Å². The van der Waals surface area contributed by atoms with E-state index in [1.165, 1.54) is 0 Å². The molecule has 0 bridgehead atoms. The van der Waals surface area contributed by atoms with Crippen LogP contribution in [0.5, 0.6) is 5.75 Å². The summed E-state index contributed by atoms with van der Waals surface area (Å²) in [6.45, 7) is 2.37. The highest BCUT2D eigenvalue weighted by molar-refractivity contribution is 6.29. The van der Waals surface area contributed by atoms with Crippen molar-refractivity contribution in [3.63, 3.8) is 0 Å². The second kappa shape index (κ2) is 6.59. The molecular weight excluding hydrogens is 288 g/mol. The van der Waals surface area contributed by atoms with Crippen LogP contribution in [0.3, 0.4) is 0 Å². The number of amides is 1. The zero-order valence-electron chi connectivity index (χ0n) is 12.0. The summed E-state index contributed by atoms with van der Waals surface area (Å²) in [4.78, 5) is 18.2. The van der Waals surface area contributed by atoms with Gasteiger partial charge in [-0.3, -0.25) is 4.79 Å². The number of pyridine rings is 1. The van der Waals surface area contributed by atoms with Gasteiger partial charge in [0.05, 0.1) is 0 Å². The molecule has 0 aliphatic rings. The van der Waals surface area contributed by atoms with Crippen LogP contribution in [0.25, 0.3) is 0 Å². The Labute approximate surface area is 129 Å². The van der Waals surface area contributed by atoms with Crippen LogP contribution in [0, 0.1) is 0 Å². The molecule has 1 aromatic heterocycles. The van der Waals surface area contributed by atoms with E-state index >= 15 is 0 Å². The van der Waals surface area contributed by atoms with Crippen LogP contribution in [0.15, 0.2) is 36.4 Å². The van der Waals surface area contributed by atoms with E-state index in [0.29, 0.717) is 17.3 Å². The maximum absolute atomic E-state index is 12.4. The Hall–Kier alpha value is -2.07. The molecule has 0 saturated carbocycles. The van der Waals surface area contributed by atoms with E-state index in [2.05, 4.69) is 4.98 Å². The summed E-state index contributed by atoms with van der Waals surface area (Å²) in [6, 6.07) is 10.2. The topological polar surface area (TPSA) is 53.4 Å². The van der Waals surface area contributed by atoms with Crippen molar-refractivity contribution in [1.82, 2.24) is 9.88 Å². The Balaban J connectivity index is 2.17. The molecule has 1 N–H and O–H groups in total. The number of phenolic OH excluding ortho intramolecular Hbond substituents is 1. The lowest BCUT2D eigenvalue weighted by molar-refractivity contribution is 0.0784. The normalized spacial score (nSPS) is 10.4. The molecule has 0 unspecified atom stereocenters. The quantitative estimate of drug-likeness (QED) is 0.882. The highest BCUT2D eigenvalue weighted by Crippen LogP contribution is 2.16. The van der Waals surface area contributed by atoms with Gasteiger partial charge in [0.25, 0.3) is 5.91 Å². The summed E-state index contributed by atoms with van der Waals surface area (Å²) in [5.74, 6) is 0.0610.